The number of piperidine rings is 1. The zero-order valence-corrected chi connectivity index (χ0v) is 13.7. The number of nitrogens with two attached hydrogens (primary N) is 1. The topological polar surface area (TPSA) is 70.4 Å². The SMILES string of the molecule is NC(=O)NCc1ccc(NC2CCN(c3ccccc3)CC2)cc1. The molecule has 0 unspecified atom stereocenters. The van der Waals surface area contributed by atoms with Crippen molar-refractivity contribution >= 4 is 17.4 Å². The van der Waals surface area contributed by atoms with E-state index in [1.54, 1.807) is 0 Å². The number of primary amides is 1. The average molecular weight is 324 g/mol. The van der Waals surface area contributed by atoms with E-state index in [2.05, 4.69) is 58.0 Å². The van der Waals surface area contributed by atoms with Gasteiger partial charge in [0.25, 0.3) is 0 Å². The Morgan fingerprint density at radius 2 is 1.71 bits per heavy atom. The molecule has 0 aliphatic carbocycles. The zero-order valence-electron chi connectivity index (χ0n) is 13.7. The predicted octanol–water partition coefficient (Wildman–Crippen LogP) is 2.94. The molecule has 126 valence electrons. The van der Waals surface area contributed by atoms with Crippen molar-refractivity contribution in [3.63, 3.8) is 0 Å². The summed E-state index contributed by atoms with van der Waals surface area (Å²) in [7, 11) is 0. The van der Waals surface area contributed by atoms with Crippen LogP contribution in [0.5, 0.6) is 0 Å². The highest BCUT2D eigenvalue weighted by Gasteiger charge is 2.19. The summed E-state index contributed by atoms with van der Waals surface area (Å²) >= 11 is 0. The average Bonchev–Trinajstić information content (AvgIpc) is 2.62. The third-order valence-electron chi connectivity index (χ3n) is 4.41. The van der Waals surface area contributed by atoms with Crippen LogP contribution in [-0.4, -0.2) is 25.2 Å². The predicted molar refractivity (Wildman–Crippen MR) is 98.2 cm³/mol. The van der Waals surface area contributed by atoms with Gasteiger partial charge in [-0.05, 0) is 42.7 Å². The molecule has 5 nitrogen and oxygen atoms in total. The van der Waals surface area contributed by atoms with E-state index < -0.39 is 6.03 Å². The Morgan fingerprint density at radius 1 is 1.04 bits per heavy atom. The normalized spacial score (nSPS) is 15.1. The summed E-state index contributed by atoms with van der Waals surface area (Å²) in [6, 6.07) is 18.7. The van der Waals surface area contributed by atoms with Crippen LogP contribution in [0.15, 0.2) is 54.6 Å². The molecule has 2 amide bonds. The molecule has 1 saturated heterocycles. The molecule has 3 rings (SSSR count). The van der Waals surface area contributed by atoms with E-state index >= 15 is 0 Å². The van der Waals surface area contributed by atoms with Crippen LogP contribution in [0.25, 0.3) is 0 Å². The third-order valence-corrected chi connectivity index (χ3v) is 4.41. The van der Waals surface area contributed by atoms with Crippen molar-refractivity contribution in [2.75, 3.05) is 23.3 Å². The van der Waals surface area contributed by atoms with Crippen molar-refractivity contribution in [1.29, 1.82) is 0 Å². The van der Waals surface area contributed by atoms with Gasteiger partial charge in [-0.1, -0.05) is 30.3 Å². The standard InChI is InChI=1S/C19H24N4O/c20-19(24)21-14-15-6-8-16(9-7-15)22-17-10-12-23(13-11-17)18-4-2-1-3-5-18/h1-9,17,22H,10-14H2,(H3,20,21,24). The summed E-state index contributed by atoms with van der Waals surface area (Å²) in [6.45, 7) is 2.61. The van der Waals surface area contributed by atoms with E-state index in [1.807, 2.05) is 12.1 Å². The van der Waals surface area contributed by atoms with Gasteiger partial charge in [0.2, 0.25) is 0 Å². The summed E-state index contributed by atoms with van der Waals surface area (Å²) in [5.74, 6) is 0. The van der Waals surface area contributed by atoms with Gasteiger partial charge in [0.1, 0.15) is 0 Å². The summed E-state index contributed by atoms with van der Waals surface area (Å²) in [4.78, 5) is 13.2. The highest BCUT2D eigenvalue weighted by molar-refractivity contribution is 5.71. The van der Waals surface area contributed by atoms with E-state index in [0.717, 1.165) is 37.2 Å². The molecule has 0 spiro atoms. The fourth-order valence-electron chi connectivity index (χ4n) is 3.06. The summed E-state index contributed by atoms with van der Waals surface area (Å²) in [6.07, 6.45) is 2.25. The van der Waals surface area contributed by atoms with Crippen LogP contribution in [0.3, 0.4) is 0 Å². The smallest absolute Gasteiger partial charge is 0.312 e. The second-order valence-corrected chi connectivity index (χ2v) is 6.16. The number of hydrogen-bond acceptors (Lipinski definition) is 3. The van der Waals surface area contributed by atoms with Crippen molar-refractivity contribution in [3.8, 4) is 0 Å². The van der Waals surface area contributed by atoms with Crippen molar-refractivity contribution in [2.24, 2.45) is 5.73 Å². The minimum atomic E-state index is -0.498. The second kappa shape index (κ2) is 7.73. The van der Waals surface area contributed by atoms with E-state index in [0.29, 0.717) is 12.6 Å². The maximum absolute atomic E-state index is 10.7. The van der Waals surface area contributed by atoms with Crippen molar-refractivity contribution < 1.29 is 4.79 Å². The zero-order chi connectivity index (χ0) is 16.8. The van der Waals surface area contributed by atoms with E-state index in [1.165, 1.54) is 5.69 Å². The number of hydrogen-bond donors (Lipinski definition) is 3. The van der Waals surface area contributed by atoms with Crippen molar-refractivity contribution in [1.82, 2.24) is 5.32 Å². The number of carbonyl (C=O) groups is 1. The van der Waals surface area contributed by atoms with Crippen LogP contribution < -0.4 is 21.3 Å². The maximum Gasteiger partial charge on any atom is 0.312 e. The lowest BCUT2D eigenvalue weighted by molar-refractivity contribution is 0.248. The van der Waals surface area contributed by atoms with Crippen molar-refractivity contribution in [3.05, 3.63) is 60.2 Å². The maximum atomic E-state index is 10.7. The number of benzene rings is 2. The highest BCUT2D eigenvalue weighted by Crippen LogP contribution is 2.22. The molecule has 1 fully saturated rings. The molecule has 0 saturated carbocycles. The van der Waals surface area contributed by atoms with Gasteiger partial charge in [0.15, 0.2) is 0 Å². The lowest BCUT2D eigenvalue weighted by Gasteiger charge is -2.34. The van der Waals surface area contributed by atoms with Gasteiger partial charge < -0.3 is 21.3 Å². The monoisotopic (exact) mass is 324 g/mol. The van der Waals surface area contributed by atoms with Gasteiger partial charge in [-0.15, -0.1) is 0 Å². The van der Waals surface area contributed by atoms with Crippen LogP contribution in [0, 0.1) is 0 Å². The minimum absolute atomic E-state index is 0.463. The molecule has 1 heterocycles. The number of para-hydroxylation sites is 1. The summed E-state index contributed by atoms with van der Waals surface area (Å²) in [5, 5.41) is 6.20. The Balaban J connectivity index is 1.48. The molecular weight excluding hydrogens is 300 g/mol. The lowest BCUT2D eigenvalue weighted by atomic mass is 10.0. The van der Waals surface area contributed by atoms with Gasteiger partial charge in [-0.2, -0.15) is 0 Å². The first-order valence-electron chi connectivity index (χ1n) is 8.39. The molecule has 2 aromatic rings. The fraction of sp³-hybridized carbons (Fsp3) is 0.316. The quantitative estimate of drug-likeness (QED) is 0.792. The summed E-state index contributed by atoms with van der Waals surface area (Å²) < 4.78 is 0. The molecule has 4 N–H and O–H groups in total. The molecule has 1 aliphatic heterocycles. The minimum Gasteiger partial charge on any atom is -0.382 e. The number of rotatable bonds is 5. The van der Waals surface area contributed by atoms with Crippen LogP contribution in [0.4, 0.5) is 16.2 Å². The Bertz CT molecular complexity index is 649. The Morgan fingerprint density at radius 3 is 2.33 bits per heavy atom. The number of amides is 2. The first kappa shape index (κ1) is 16.2. The van der Waals surface area contributed by atoms with E-state index in [-0.39, 0.29) is 0 Å². The van der Waals surface area contributed by atoms with Crippen molar-refractivity contribution in [2.45, 2.75) is 25.4 Å². The molecule has 0 aromatic heterocycles. The molecule has 0 bridgehead atoms. The Hall–Kier alpha value is -2.69. The van der Waals surface area contributed by atoms with Gasteiger partial charge in [-0.25, -0.2) is 4.79 Å². The second-order valence-electron chi connectivity index (χ2n) is 6.16. The Kier molecular flexibility index (Phi) is 5.21. The fourth-order valence-corrected chi connectivity index (χ4v) is 3.06. The van der Waals surface area contributed by atoms with E-state index in [4.69, 9.17) is 5.73 Å². The largest absolute Gasteiger partial charge is 0.382 e. The van der Waals surface area contributed by atoms with Gasteiger partial charge in [-0.3, -0.25) is 0 Å². The van der Waals surface area contributed by atoms with Gasteiger partial charge >= 0.3 is 6.03 Å². The van der Waals surface area contributed by atoms with Crippen LogP contribution in [-0.2, 0) is 6.54 Å². The molecule has 24 heavy (non-hydrogen) atoms. The molecule has 0 radical (unpaired) electrons. The van der Waals surface area contributed by atoms with Gasteiger partial charge in [0, 0.05) is 37.1 Å². The Labute approximate surface area is 142 Å². The molecular formula is C19H24N4O. The number of anilines is 2. The molecule has 1 aliphatic rings. The summed E-state index contributed by atoms with van der Waals surface area (Å²) in [5.41, 5.74) is 8.55. The van der Waals surface area contributed by atoms with Crippen LogP contribution >= 0.6 is 0 Å². The number of nitrogens with one attached hydrogen (secondary N) is 2. The third kappa shape index (κ3) is 4.41. The first-order valence-corrected chi connectivity index (χ1v) is 8.39. The van der Waals surface area contributed by atoms with Crippen LogP contribution in [0.2, 0.25) is 0 Å². The number of carbonyl (C=O) groups excluding carboxylic acids is 1. The lowest BCUT2D eigenvalue weighted by Crippen LogP contribution is -2.39. The first-order chi connectivity index (χ1) is 11.7. The van der Waals surface area contributed by atoms with Crippen LogP contribution in [0.1, 0.15) is 18.4 Å². The molecule has 0 atom stereocenters. The molecule has 2 aromatic carbocycles. The number of nitrogens with zero attached hydrogens (tertiary/aromatic N) is 1. The van der Waals surface area contributed by atoms with Gasteiger partial charge in [0.05, 0.1) is 0 Å². The molecule has 5 heteroatoms. The van der Waals surface area contributed by atoms with E-state index in [9.17, 15) is 4.79 Å². The number of urea groups is 1. The highest BCUT2D eigenvalue weighted by atomic mass is 16.2.